The van der Waals surface area contributed by atoms with Crippen LogP contribution in [-0.4, -0.2) is 33.9 Å². The third-order valence-electron chi connectivity index (χ3n) is 4.14. The van der Waals surface area contributed by atoms with E-state index in [-0.39, 0.29) is 29.8 Å². The van der Waals surface area contributed by atoms with Crippen LogP contribution < -0.4 is 5.73 Å². The second kappa shape index (κ2) is 6.22. The molecule has 1 aliphatic rings. The van der Waals surface area contributed by atoms with E-state index < -0.39 is 0 Å². The molecular weight excluding hydrogens is 334 g/mol. The third-order valence-corrected chi connectivity index (χ3v) is 4.57. The van der Waals surface area contributed by atoms with Gasteiger partial charge in [-0.05, 0) is 55.6 Å². The van der Waals surface area contributed by atoms with Crippen molar-refractivity contribution < 1.29 is 9.59 Å². The molecule has 1 aliphatic heterocycles. The van der Waals surface area contributed by atoms with Gasteiger partial charge in [0.25, 0.3) is 5.91 Å². The smallest absolute Gasteiger partial charge is 0.270 e. The summed E-state index contributed by atoms with van der Waals surface area (Å²) >= 11 is 3.43. The maximum absolute atomic E-state index is 12.8. The number of aromatic nitrogens is 1. The van der Waals surface area contributed by atoms with Crippen molar-refractivity contribution in [2.24, 2.45) is 11.7 Å². The van der Waals surface area contributed by atoms with E-state index in [1.54, 1.807) is 4.90 Å². The van der Waals surface area contributed by atoms with Gasteiger partial charge in [-0.3, -0.25) is 9.59 Å². The molecule has 0 saturated carbocycles. The van der Waals surface area contributed by atoms with Gasteiger partial charge in [-0.1, -0.05) is 0 Å². The molecule has 21 heavy (non-hydrogen) atoms. The summed E-state index contributed by atoms with van der Waals surface area (Å²) in [6, 6.07) is 2.16. The topological polar surface area (TPSA) is 68.3 Å². The van der Waals surface area contributed by atoms with Crippen LogP contribution in [0.1, 0.15) is 50.1 Å². The number of nitrogens with two attached hydrogens (primary N) is 1. The van der Waals surface area contributed by atoms with E-state index in [9.17, 15) is 9.59 Å². The molecule has 2 atom stereocenters. The Hall–Kier alpha value is -1.30. The Bertz CT molecular complexity index is 553. The lowest BCUT2D eigenvalue weighted by atomic mass is 9.92. The van der Waals surface area contributed by atoms with Crippen LogP contribution in [0.5, 0.6) is 0 Å². The fraction of sp³-hybridized carbons (Fsp3) is 0.600. The summed E-state index contributed by atoms with van der Waals surface area (Å²) in [4.78, 5) is 26.0. The number of carbonyl (C=O) groups is 2. The van der Waals surface area contributed by atoms with Crippen LogP contribution >= 0.6 is 15.9 Å². The van der Waals surface area contributed by atoms with Gasteiger partial charge >= 0.3 is 0 Å². The Morgan fingerprint density at radius 2 is 2.05 bits per heavy atom. The van der Waals surface area contributed by atoms with Crippen LogP contribution in [-0.2, 0) is 4.79 Å². The quantitative estimate of drug-likeness (QED) is 0.904. The van der Waals surface area contributed by atoms with Crippen LogP contribution in [0.3, 0.4) is 0 Å². The summed E-state index contributed by atoms with van der Waals surface area (Å²) in [7, 11) is 0. The molecule has 2 heterocycles. The number of hydrogen-bond donors (Lipinski definition) is 1. The Kier molecular flexibility index (Phi) is 4.76. The normalized spacial score (nSPS) is 22.6. The Morgan fingerprint density at radius 3 is 2.62 bits per heavy atom. The van der Waals surface area contributed by atoms with E-state index >= 15 is 0 Å². The molecule has 0 spiro atoms. The minimum absolute atomic E-state index is 0.0344. The second-order valence-electron chi connectivity index (χ2n) is 6.03. The summed E-state index contributed by atoms with van der Waals surface area (Å²) < 4.78 is 2.84. The Morgan fingerprint density at radius 1 is 1.38 bits per heavy atom. The van der Waals surface area contributed by atoms with Crippen LogP contribution in [0.2, 0.25) is 0 Å². The average molecular weight is 356 g/mol. The molecule has 2 rings (SSSR count). The molecule has 1 fully saturated rings. The molecule has 1 aromatic rings. The fourth-order valence-corrected chi connectivity index (χ4v) is 3.25. The molecule has 1 saturated heterocycles. The van der Waals surface area contributed by atoms with Gasteiger partial charge in [-0.25, -0.2) is 0 Å². The second-order valence-corrected chi connectivity index (χ2v) is 6.94. The van der Waals surface area contributed by atoms with Crippen LogP contribution in [0.15, 0.2) is 16.7 Å². The predicted molar refractivity (Wildman–Crippen MR) is 84.9 cm³/mol. The number of carbonyl (C=O) groups excluding carboxylic acids is 2. The van der Waals surface area contributed by atoms with Crippen molar-refractivity contribution in [3.63, 3.8) is 0 Å². The summed E-state index contributed by atoms with van der Waals surface area (Å²) in [6.07, 6.45) is 3.48. The molecule has 0 aromatic carbocycles. The molecular formula is C15H22BrN3O2. The molecule has 0 bridgehead atoms. The van der Waals surface area contributed by atoms with Crippen molar-refractivity contribution in [2.75, 3.05) is 6.54 Å². The monoisotopic (exact) mass is 355 g/mol. The van der Waals surface area contributed by atoms with Gasteiger partial charge in [0, 0.05) is 29.3 Å². The van der Waals surface area contributed by atoms with Gasteiger partial charge in [0.05, 0.1) is 5.92 Å². The lowest BCUT2D eigenvalue weighted by molar-refractivity contribution is -0.123. The first-order valence-electron chi connectivity index (χ1n) is 7.29. The van der Waals surface area contributed by atoms with E-state index in [2.05, 4.69) is 15.9 Å². The molecule has 2 N–H and O–H groups in total. The highest BCUT2D eigenvalue weighted by atomic mass is 79.9. The lowest BCUT2D eigenvalue weighted by Crippen LogP contribution is -2.49. The first-order valence-corrected chi connectivity index (χ1v) is 8.08. The maximum Gasteiger partial charge on any atom is 0.270 e. The molecule has 1 aromatic heterocycles. The number of amides is 2. The molecule has 5 nitrogen and oxygen atoms in total. The highest BCUT2D eigenvalue weighted by Gasteiger charge is 2.33. The van der Waals surface area contributed by atoms with E-state index in [0.29, 0.717) is 12.2 Å². The number of primary amides is 1. The minimum Gasteiger partial charge on any atom is -0.369 e. The summed E-state index contributed by atoms with van der Waals surface area (Å²) in [5, 5.41) is 0. The third kappa shape index (κ3) is 3.31. The van der Waals surface area contributed by atoms with E-state index in [1.807, 2.05) is 37.6 Å². The number of likely N-dealkylation sites (tertiary alicyclic amines) is 1. The van der Waals surface area contributed by atoms with E-state index in [0.717, 1.165) is 17.3 Å². The predicted octanol–water partition coefficient (Wildman–Crippen LogP) is 2.56. The lowest BCUT2D eigenvalue weighted by Gasteiger charge is -2.37. The molecule has 6 heteroatoms. The van der Waals surface area contributed by atoms with Crippen molar-refractivity contribution in [3.8, 4) is 0 Å². The zero-order valence-corrected chi connectivity index (χ0v) is 14.3. The maximum atomic E-state index is 12.8. The number of rotatable bonds is 3. The van der Waals surface area contributed by atoms with Crippen LogP contribution in [0, 0.1) is 5.92 Å². The van der Waals surface area contributed by atoms with Gasteiger partial charge in [0.15, 0.2) is 0 Å². The molecule has 0 radical (unpaired) electrons. The van der Waals surface area contributed by atoms with E-state index in [1.165, 1.54) is 0 Å². The van der Waals surface area contributed by atoms with Gasteiger partial charge in [-0.15, -0.1) is 0 Å². The Balaban J connectivity index is 2.27. The SMILES string of the molecule is CC1CCC(C(N)=O)CN1C(=O)c1cc(Br)cn1C(C)C. The fourth-order valence-electron chi connectivity index (χ4n) is 2.81. The van der Waals surface area contributed by atoms with Crippen LogP contribution in [0.4, 0.5) is 0 Å². The van der Waals surface area contributed by atoms with Crippen molar-refractivity contribution in [2.45, 2.75) is 45.7 Å². The highest BCUT2D eigenvalue weighted by Crippen LogP contribution is 2.26. The number of halogens is 1. The summed E-state index contributed by atoms with van der Waals surface area (Å²) in [5.74, 6) is -0.593. The number of hydrogen-bond acceptors (Lipinski definition) is 2. The van der Waals surface area contributed by atoms with E-state index in [4.69, 9.17) is 5.73 Å². The molecule has 0 aliphatic carbocycles. The Labute approximate surface area is 133 Å². The number of nitrogens with zero attached hydrogens (tertiary/aromatic N) is 2. The number of piperidine rings is 1. The highest BCUT2D eigenvalue weighted by molar-refractivity contribution is 9.10. The largest absolute Gasteiger partial charge is 0.369 e. The minimum atomic E-state index is -0.319. The van der Waals surface area contributed by atoms with Gasteiger partial charge in [-0.2, -0.15) is 0 Å². The standard InChI is InChI=1S/C15H22BrN3O2/c1-9(2)18-8-12(16)6-13(18)15(21)19-7-11(14(17)20)5-4-10(19)3/h6,8-11H,4-5,7H2,1-3H3,(H2,17,20). The first kappa shape index (κ1) is 16.1. The zero-order valence-electron chi connectivity index (χ0n) is 12.7. The average Bonchev–Trinajstić information content (AvgIpc) is 2.80. The molecule has 2 unspecified atom stereocenters. The summed E-state index contributed by atoms with van der Waals surface area (Å²) in [5.41, 5.74) is 6.05. The van der Waals surface area contributed by atoms with Gasteiger partial charge in [0.2, 0.25) is 5.91 Å². The molecule has 2 amide bonds. The van der Waals surface area contributed by atoms with Crippen molar-refractivity contribution in [1.29, 1.82) is 0 Å². The van der Waals surface area contributed by atoms with Gasteiger partial charge < -0.3 is 15.2 Å². The first-order chi connectivity index (χ1) is 9.81. The van der Waals surface area contributed by atoms with Crippen molar-refractivity contribution >= 4 is 27.7 Å². The van der Waals surface area contributed by atoms with Crippen molar-refractivity contribution in [3.05, 3.63) is 22.4 Å². The van der Waals surface area contributed by atoms with Crippen molar-refractivity contribution in [1.82, 2.24) is 9.47 Å². The summed E-state index contributed by atoms with van der Waals surface area (Å²) in [6.45, 7) is 6.51. The van der Waals surface area contributed by atoms with Crippen LogP contribution in [0.25, 0.3) is 0 Å². The molecule has 116 valence electrons. The zero-order chi connectivity index (χ0) is 15.7. The van der Waals surface area contributed by atoms with Gasteiger partial charge in [0.1, 0.15) is 5.69 Å².